The predicted molar refractivity (Wildman–Crippen MR) is 128 cm³/mol. The van der Waals surface area contributed by atoms with Crippen LogP contribution in [0.1, 0.15) is 70.8 Å². The number of halogens is 1. The van der Waals surface area contributed by atoms with Gasteiger partial charge in [-0.15, -0.1) is 11.3 Å². The second-order valence-electron chi connectivity index (χ2n) is 7.76. The standard InChI is InChI=1S/C24H26BrNO4S/c1-4-8-19-13(3)20(24(28)29-5-2)23(31-19)26-12-15-21-14-9-6-7-10-17(14)30-18(21)11-16(25)22(15)27/h11-12,27H,4-10H2,1-3H3/b26-12-. The molecule has 1 aliphatic rings. The van der Waals surface area contributed by atoms with Gasteiger partial charge in [0.05, 0.1) is 16.6 Å². The van der Waals surface area contributed by atoms with Crippen LogP contribution in [0.3, 0.4) is 0 Å². The van der Waals surface area contributed by atoms with Gasteiger partial charge in [-0.25, -0.2) is 9.79 Å². The number of ether oxygens (including phenoxy) is 1. The first kappa shape index (κ1) is 22.1. The van der Waals surface area contributed by atoms with E-state index in [-0.39, 0.29) is 11.7 Å². The van der Waals surface area contributed by atoms with Crippen LogP contribution in [0.15, 0.2) is 19.9 Å². The minimum absolute atomic E-state index is 0.130. The first-order chi connectivity index (χ1) is 15.0. The first-order valence-electron chi connectivity index (χ1n) is 10.7. The number of hydrogen-bond donors (Lipinski definition) is 1. The molecular weight excluding hydrogens is 478 g/mol. The topological polar surface area (TPSA) is 72.0 Å². The molecule has 0 radical (unpaired) electrons. The molecule has 0 atom stereocenters. The second kappa shape index (κ2) is 9.17. The molecule has 0 fully saturated rings. The number of aromatic hydroxyl groups is 1. The number of rotatable bonds is 6. The molecule has 0 amide bonds. The molecule has 1 aromatic carbocycles. The van der Waals surface area contributed by atoms with Crippen molar-refractivity contribution in [3.63, 3.8) is 0 Å². The number of hydrogen-bond acceptors (Lipinski definition) is 6. The van der Waals surface area contributed by atoms with Crippen molar-refractivity contribution in [1.29, 1.82) is 0 Å². The monoisotopic (exact) mass is 503 g/mol. The lowest BCUT2D eigenvalue weighted by Crippen LogP contribution is -2.05. The summed E-state index contributed by atoms with van der Waals surface area (Å²) in [6.45, 7) is 6.18. The fourth-order valence-corrected chi connectivity index (χ4v) is 5.87. The number of carbonyl (C=O) groups is 1. The average molecular weight is 504 g/mol. The lowest BCUT2D eigenvalue weighted by Gasteiger charge is -2.10. The minimum atomic E-state index is -0.352. The van der Waals surface area contributed by atoms with E-state index in [1.807, 2.05) is 13.0 Å². The number of furan rings is 1. The van der Waals surface area contributed by atoms with E-state index in [1.165, 1.54) is 11.3 Å². The maximum Gasteiger partial charge on any atom is 0.341 e. The van der Waals surface area contributed by atoms with Crippen molar-refractivity contribution in [3.05, 3.63) is 43.4 Å². The lowest BCUT2D eigenvalue weighted by molar-refractivity contribution is 0.0527. The highest BCUT2D eigenvalue weighted by Gasteiger charge is 2.24. The van der Waals surface area contributed by atoms with Gasteiger partial charge in [-0.05, 0) is 67.1 Å². The molecule has 2 heterocycles. The number of aryl methyl sites for hydroxylation is 3. The number of thiophene rings is 1. The number of benzene rings is 1. The van der Waals surface area contributed by atoms with Gasteiger partial charge in [0.25, 0.3) is 0 Å². The number of aliphatic imine (C=N–C) groups is 1. The Morgan fingerprint density at radius 1 is 1.35 bits per heavy atom. The molecular formula is C24H26BrNO4S. The van der Waals surface area contributed by atoms with Crippen molar-refractivity contribution >= 4 is 55.4 Å². The highest BCUT2D eigenvalue weighted by Crippen LogP contribution is 2.42. The second-order valence-corrected chi connectivity index (χ2v) is 9.70. The maximum absolute atomic E-state index is 12.6. The van der Waals surface area contributed by atoms with E-state index in [1.54, 1.807) is 13.1 Å². The van der Waals surface area contributed by atoms with Crippen molar-refractivity contribution in [3.8, 4) is 5.75 Å². The van der Waals surface area contributed by atoms with Crippen LogP contribution in [-0.4, -0.2) is 23.9 Å². The maximum atomic E-state index is 12.6. The third kappa shape index (κ3) is 4.05. The van der Waals surface area contributed by atoms with Crippen LogP contribution in [0.5, 0.6) is 5.75 Å². The van der Waals surface area contributed by atoms with Crippen molar-refractivity contribution in [2.75, 3.05) is 6.61 Å². The third-order valence-electron chi connectivity index (χ3n) is 5.70. The SMILES string of the molecule is CCCc1sc(/N=C\c2c(O)c(Br)cc3oc4c(c23)CCCC4)c(C(=O)OCC)c1C. The largest absolute Gasteiger partial charge is 0.506 e. The highest BCUT2D eigenvalue weighted by atomic mass is 79.9. The number of phenols is 1. The van der Waals surface area contributed by atoms with E-state index in [0.29, 0.717) is 27.2 Å². The summed E-state index contributed by atoms with van der Waals surface area (Å²) in [5, 5.41) is 12.4. The molecule has 5 nitrogen and oxygen atoms in total. The zero-order valence-electron chi connectivity index (χ0n) is 18.0. The fraction of sp³-hybridized carbons (Fsp3) is 0.417. The molecule has 7 heteroatoms. The molecule has 0 unspecified atom stereocenters. The van der Waals surface area contributed by atoms with Gasteiger partial charge in [0.15, 0.2) is 0 Å². The molecule has 164 valence electrons. The van der Waals surface area contributed by atoms with Crippen LogP contribution in [0, 0.1) is 6.92 Å². The number of carbonyl (C=O) groups excluding carboxylic acids is 1. The summed E-state index contributed by atoms with van der Waals surface area (Å²) < 4.78 is 11.9. The quantitative estimate of drug-likeness (QED) is 0.289. The molecule has 4 rings (SSSR count). The summed E-state index contributed by atoms with van der Waals surface area (Å²) in [7, 11) is 0. The van der Waals surface area contributed by atoms with E-state index in [2.05, 4.69) is 22.9 Å². The van der Waals surface area contributed by atoms with Gasteiger partial charge in [-0.3, -0.25) is 0 Å². The zero-order chi connectivity index (χ0) is 22.1. The Morgan fingerprint density at radius 3 is 2.87 bits per heavy atom. The number of phenolic OH excluding ortho intramolecular Hbond substituents is 1. The van der Waals surface area contributed by atoms with Crippen LogP contribution >= 0.6 is 27.3 Å². The van der Waals surface area contributed by atoms with E-state index in [0.717, 1.165) is 71.3 Å². The van der Waals surface area contributed by atoms with Crippen LogP contribution in [0.4, 0.5) is 5.00 Å². The molecule has 0 saturated carbocycles. The molecule has 2 aromatic heterocycles. The van der Waals surface area contributed by atoms with Gasteiger partial charge in [0.1, 0.15) is 22.1 Å². The summed E-state index contributed by atoms with van der Waals surface area (Å²) in [6, 6.07) is 1.82. The van der Waals surface area contributed by atoms with Crippen molar-refractivity contribution in [2.24, 2.45) is 4.99 Å². The van der Waals surface area contributed by atoms with Gasteiger partial charge < -0.3 is 14.3 Å². The molecule has 1 aliphatic carbocycles. The van der Waals surface area contributed by atoms with Gasteiger partial charge in [0, 0.05) is 34.0 Å². The summed E-state index contributed by atoms with van der Waals surface area (Å²) in [6.07, 6.45) is 7.60. The zero-order valence-corrected chi connectivity index (χ0v) is 20.4. The Morgan fingerprint density at radius 2 is 2.13 bits per heavy atom. The first-order valence-corrected chi connectivity index (χ1v) is 12.4. The molecule has 0 bridgehead atoms. The predicted octanol–water partition coefficient (Wildman–Crippen LogP) is 7.03. The fourth-order valence-electron chi connectivity index (χ4n) is 4.21. The highest BCUT2D eigenvalue weighted by molar-refractivity contribution is 9.10. The molecule has 0 aliphatic heterocycles. The smallest absolute Gasteiger partial charge is 0.341 e. The number of esters is 1. The summed E-state index contributed by atoms with van der Waals surface area (Å²) in [4.78, 5) is 18.5. The molecule has 1 N–H and O–H groups in total. The van der Waals surface area contributed by atoms with Gasteiger partial charge in [-0.1, -0.05) is 13.3 Å². The van der Waals surface area contributed by atoms with Gasteiger partial charge in [-0.2, -0.15) is 0 Å². The van der Waals surface area contributed by atoms with Crippen molar-refractivity contribution in [1.82, 2.24) is 0 Å². The molecule has 3 aromatic rings. The Labute approximate surface area is 194 Å². The molecule has 31 heavy (non-hydrogen) atoms. The summed E-state index contributed by atoms with van der Waals surface area (Å²) >= 11 is 4.95. The van der Waals surface area contributed by atoms with E-state index in [4.69, 9.17) is 14.1 Å². The van der Waals surface area contributed by atoms with E-state index in [9.17, 15) is 9.90 Å². The van der Waals surface area contributed by atoms with Crippen molar-refractivity contribution < 1.29 is 19.1 Å². The minimum Gasteiger partial charge on any atom is -0.506 e. The Kier molecular flexibility index (Phi) is 6.53. The average Bonchev–Trinajstić information content (AvgIpc) is 3.26. The normalized spacial score (nSPS) is 13.8. The Hall–Kier alpha value is -2.12. The summed E-state index contributed by atoms with van der Waals surface area (Å²) in [5.41, 5.74) is 3.98. The number of fused-ring (bicyclic) bond motifs is 3. The third-order valence-corrected chi connectivity index (χ3v) is 7.57. The van der Waals surface area contributed by atoms with Crippen LogP contribution in [0.2, 0.25) is 0 Å². The van der Waals surface area contributed by atoms with Gasteiger partial charge >= 0.3 is 5.97 Å². The Bertz CT molecular complexity index is 1170. The van der Waals surface area contributed by atoms with E-state index >= 15 is 0 Å². The molecule has 0 spiro atoms. The van der Waals surface area contributed by atoms with Crippen LogP contribution in [0.25, 0.3) is 11.0 Å². The van der Waals surface area contributed by atoms with Crippen LogP contribution in [-0.2, 0) is 24.0 Å². The lowest BCUT2D eigenvalue weighted by atomic mass is 9.94. The van der Waals surface area contributed by atoms with E-state index < -0.39 is 0 Å². The Balaban J connectivity index is 1.85. The van der Waals surface area contributed by atoms with Crippen LogP contribution < -0.4 is 0 Å². The van der Waals surface area contributed by atoms with Gasteiger partial charge in [0.2, 0.25) is 0 Å². The van der Waals surface area contributed by atoms with Crippen molar-refractivity contribution in [2.45, 2.75) is 59.3 Å². The molecule has 0 saturated heterocycles. The summed E-state index contributed by atoms with van der Waals surface area (Å²) in [5.74, 6) is 0.776. The number of nitrogens with zero attached hydrogens (tertiary/aromatic N) is 1.